The second kappa shape index (κ2) is 19.8. The van der Waals surface area contributed by atoms with E-state index >= 15 is 4.39 Å². The van der Waals surface area contributed by atoms with Crippen molar-refractivity contribution >= 4 is 63.6 Å². The summed E-state index contributed by atoms with van der Waals surface area (Å²) in [5, 5.41) is 13.2. The molecule has 2 spiro atoms. The molecule has 3 aromatic carbocycles. The third-order valence-corrected chi connectivity index (χ3v) is 18.8. The SMILES string of the molecule is Cn1c(=O)n(C2CCC(=O)NC2=O)c2cccc(CN3CCC(OC4CCN(CC5CCC(NC(=O)[C@@H]6NC7(CCC(C)(C)CC7)[C@@]7(C(=O)Nc8cc(Cl)ccc87)[C@H]6c6cccc(Cl)c6F)CC5)CC4)CC3)c21. The highest BCUT2D eigenvalue weighted by Crippen LogP contribution is 2.64. The average Bonchev–Trinajstić information content (AvgIpc) is 3.94. The van der Waals surface area contributed by atoms with E-state index in [1.807, 2.05) is 18.2 Å². The Labute approximate surface area is 436 Å². The summed E-state index contributed by atoms with van der Waals surface area (Å²) in [6.07, 6.45) is 11.5. The van der Waals surface area contributed by atoms with Crippen LogP contribution < -0.4 is 27.0 Å². The monoisotopic (exact) mass is 1040 g/mol. The Kier molecular flexibility index (Phi) is 13.7. The number of halogens is 3. The van der Waals surface area contributed by atoms with Gasteiger partial charge in [0.1, 0.15) is 17.3 Å². The molecule has 14 nitrogen and oxygen atoms in total. The Morgan fingerprint density at radius 1 is 0.822 bits per heavy atom. The van der Waals surface area contributed by atoms with Gasteiger partial charge in [-0.3, -0.25) is 43.8 Å². The van der Waals surface area contributed by atoms with Crippen LogP contribution in [0.5, 0.6) is 0 Å². The molecule has 73 heavy (non-hydrogen) atoms. The van der Waals surface area contributed by atoms with Crippen molar-refractivity contribution in [3.8, 4) is 0 Å². The summed E-state index contributed by atoms with van der Waals surface area (Å²) in [6, 6.07) is 14.6. The highest BCUT2D eigenvalue weighted by atomic mass is 35.5. The molecule has 6 fully saturated rings. The minimum atomic E-state index is -1.29. The van der Waals surface area contributed by atoms with E-state index in [0.29, 0.717) is 48.0 Å². The predicted octanol–water partition coefficient (Wildman–Crippen LogP) is 7.87. The lowest BCUT2D eigenvalue weighted by Gasteiger charge is -2.50. The fourth-order valence-electron chi connectivity index (χ4n) is 14.4. The molecule has 4 atom stereocenters. The van der Waals surface area contributed by atoms with Crippen LogP contribution in [0.3, 0.4) is 0 Å². The second-order valence-corrected chi connectivity index (χ2v) is 24.1. The Hall–Kier alpha value is -4.64. The number of piperidine rings is 3. The molecule has 4 N–H and O–H groups in total. The van der Waals surface area contributed by atoms with Crippen molar-refractivity contribution in [3.63, 3.8) is 0 Å². The molecular weight excluding hydrogens is 971 g/mol. The summed E-state index contributed by atoms with van der Waals surface area (Å²) >= 11 is 13.0. The summed E-state index contributed by atoms with van der Waals surface area (Å²) in [6.45, 7) is 10.00. The highest BCUT2D eigenvalue weighted by Gasteiger charge is 2.73. The zero-order chi connectivity index (χ0) is 51.0. The van der Waals surface area contributed by atoms with Crippen LogP contribution in [-0.2, 0) is 42.9 Å². The molecule has 2 aliphatic carbocycles. The zero-order valence-corrected chi connectivity index (χ0v) is 43.8. The highest BCUT2D eigenvalue weighted by molar-refractivity contribution is 6.31. The number of nitrogens with zero attached hydrogens (tertiary/aromatic N) is 4. The van der Waals surface area contributed by atoms with Crippen LogP contribution in [0.25, 0.3) is 11.0 Å². The van der Waals surface area contributed by atoms with E-state index < -0.39 is 40.7 Å². The van der Waals surface area contributed by atoms with Crippen LogP contribution in [0.2, 0.25) is 10.0 Å². The van der Waals surface area contributed by atoms with Gasteiger partial charge in [-0.25, -0.2) is 9.18 Å². The molecule has 1 aromatic heterocycles. The van der Waals surface area contributed by atoms with Gasteiger partial charge >= 0.3 is 5.69 Å². The van der Waals surface area contributed by atoms with Gasteiger partial charge in [0.05, 0.1) is 34.3 Å². The number of benzene rings is 3. The molecule has 4 amide bonds. The zero-order valence-electron chi connectivity index (χ0n) is 42.3. The first-order valence-corrected chi connectivity index (χ1v) is 27.6. The maximum Gasteiger partial charge on any atom is 0.329 e. The maximum absolute atomic E-state index is 16.5. The van der Waals surface area contributed by atoms with Crippen LogP contribution in [0.15, 0.2) is 59.4 Å². The van der Waals surface area contributed by atoms with Gasteiger partial charge in [0.15, 0.2) is 0 Å². The molecule has 0 bridgehead atoms. The number of anilines is 1. The van der Waals surface area contributed by atoms with Crippen LogP contribution in [-0.4, -0.2) is 105 Å². The standard InChI is InChI=1S/C56H69Cl2FN8O6/c1-54(2)22-24-55(25-23-54)56(40-15-12-35(57)30-42(40)61-52(56)71)46(39-7-5-8-41(58)47(39)59)48(63-55)51(70)60-36-13-10-33(11-14-36)31-65-26-18-37(19-27-65)73-38-20-28-66(29-21-38)32-34-6-4-9-43-49(34)64(3)53(72)67(43)44-16-17-45(68)62-50(44)69/h4-9,12,15,30,33,36-38,44,46,48,63H,10-11,13-14,16-29,31-32H2,1-3H3,(H,60,70)(H,61,71)(H,62,68,69)/t33?,36?,44?,46-,48+,56+/m0/s1. The third-order valence-electron chi connectivity index (χ3n) is 18.3. The molecule has 11 rings (SSSR count). The van der Waals surface area contributed by atoms with E-state index in [1.54, 1.807) is 40.4 Å². The largest absolute Gasteiger partial charge is 0.375 e. The van der Waals surface area contributed by atoms with Crippen molar-refractivity contribution in [2.24, 2.45) is 18.4 Å². The molecular formula is C56H69Cl2FN8O6. The first-order chi connectivity index (χ1) is 35.0. The van der Waals surface area contributed by atoms with Crippen molar-refractivity contribution < 1.29 is 28.3 Å². The van der Waals surface area contributed by atoms with Gasteiger partial charge in [0.25, 0.3) is 0 Å². The van der Waals surface area contributed by atoms with Gasteiger partial charge in [0, 0.05) is 80.9 Å². The number of carbonyl (C=O) groups is 4. The number of imide groups is 1. The molecule has 0 radical (unpaired) electrons. The number of hydrogen-bond acceptors (Lipinski definition) is 9. The number of ether oxygens (including phenoxy) is 1. The quantitative estimate of drug-likeness (QED) is 0.116. The van der Waals surface area contributed by atoms with Gasteiger partial charge in [-0.2, -0.15) is 0 Å². The van der Waals surface area contributed by atoms with E-state index in [4.69, 9.17) is 27.9 Å². The summed E-state index contributed by atoms with van der Waals surface area (Å²) in [4.78, 5) is 72.8. The van der Waals surface area contributed by atoms with Gasteiger partial charge < -0.3 is 20.3 Å². The number of para-hydroxylation sites is 1. The molecule has 6 heterocycles. The topological polar surface area (TPSA) is 159 Å². The first kappa shape index (κ1) is 50.5. The van der Waals surface area contributed by atoms with Crippen LogP contribution in [0.1, 0.15) is 132 Å². The fraction of sp³-hybridized carbons (Fsp3) is 0.589. The number of fused-ring (bicyclic) bond motifs is 4. The van der Waals surface area contributed by atoms with E-state index in [0.717, 1.165) is 114 Å². The van der Waals surface area contributed by atoms with Crippen LogP contribution >= 0.6 is 23.2 Å². The number of imidazole rings is 1. The molecule has 5 aliphatic heterocycles. The molecule has 390 valence electrons. The minimum absolute atomic E-state index is 0.0309. The number of hydrogen-bond donors (Lipinski definition) is 4. The molecule has 4 aromatic rings. The Bertz CT molecular complexity index is 2870. The number of carbonyl (C=O) groups excluding carboxylic acids is 4. The molecule has 2 saturated carbocycles. The normalized spacial score (nSPS) is 29.0. The van der Waals surface area contributed by atoms with Gasteiger partial charge in [-0.1, -0.05) is 67.4 Å². The summed E-state index contributed by atoms with van der Waals surface area (Å²) in [5.41, 5.74) is 1.88. The van der Waals surface area contributed by atoms with Crippen molar-refractivity contribution in [3.05, 3.63) is 97.6 Å². The van der Waals surface area contributed by atoms with E-state index in [9.17, 15) is 24.0 Å². The van der Waals surface area contributed by atoms with Crippen molar-refractivity contribution in [1.82, 2.24) is 34.9 Å². The van der Waals surface area contributed by atoms with Crippen molar-refractivity contribution in [1.29, 1.82) is 0 Å². The number of aryl methyl sites for hydroxylation is 1. The molecule has 4 saturated heterocycles. The number of amides is 4. The van der Waals surface area contributed by atoms with Gasteiger partial charge in [-0.15, -0.1) is 0 Å². The van der Waals surface area contributed by atoms with Gasteiger partial charge in [0.2, 0.25) is 23.6 Å². The fourth-order valence-corrected chi connectivity index (χ4v) is 14.7. The Morgan fingerprint density at radius 3 is 2.21 bits per heavy atom. The lowest BCUT2D eigenvalue weighted by atomic mass is 9.53. The van der Waals surface area contributed by atoms with Gasteiger partial charge in [-0.05, 0) is 136 Å². The number of likely N-dealkylation sites (tertiary alicyclic amines) is 2. The average molecular weight is 1040 g/mol. The van der Waals surface area contributed by atoms with E-state index in [-0.39, 0.29) is 64.1 Å². The minimum Gasteiger partial charge on any atom is -0.375 e. The summed E-state index contributed by atoms with van der Waals surface area (Å²) < 4.78 is 26.4. The maximum atomic E-state index is 16.5. The first-order valence-electron chi connectivity index (χ1n) is 26.8. The lowest BCUT2D eigenvalue weighted by molar-refractivity contribution is -0.136. The Balaban J connectivity index is 0.678. The number of rotatable bonds is 10. The molecule has 1 unspecified atom stereocenters. The molecule has 7 aliphatic rings. The number of nitrogens with one attached hydrogen (secondary N) is 4. The van der Waals surface area contributed by atoms with Crippen LogP contribution in [0.4, 0.5) is 10.1 Å². The van der Waals surface area contributed by atoms with Crippen LogP contribution in [0, 0.1) is 17.2 Å². The second-order valence-electron chi connectivity index (χ2n) is 23.2. The smallest absolute Gasteiger partial charge is 0.329 e. The predicted molar refractivity (Wildman–Crippen MR) is 279 cm³/mol. The van der Waals surface area contributed by atoms with E-state index in [1.165, 1.54) is 6.07 Å². The van der Waals surface area contributed by atoms with E-state index in [2.05, 4.69) is 51.0 Å². The van der Waals surface area contributed by atoms with Crippen molar-refractivity contribution in [2.45, 2.75) is 157 Å². The summed E-state index contributed by atoms with van der Waals surface area (Å²) in [7, 11) is 1.75. The molecule has 17 heteroatoms. The number of aromatic nitrogens is 2. The third kappa shape index (κ3) is 9.15. The Morgan fingerprint density at radius 2 is 1.51 bits per heavy atom. The lowest BCUT2D eigenvalue weighted by Crippen LogP contribution is -2.61. The summed E-state index contributed by atoms with van der Waals surface area (Å²) in [5.74, 6) is -2.12. The van der Waals surface area contributed by atoms with Crippen molar-refractivity contribution in [2.75, 3.05) is 38.0 Å².